The number of rotatable bonds is 5. The SMILES string of the molecule is C.COc1ccc(-c2nc(-c3ccccc3)oc2-c2ccccc2S(N)(=O)=O)cc1F.NC(O)=S.NC(O)=S.O. The first-order chi connectivity index (χ1) is 17.8. The number of nitrogens with zero attached hydrogens (tertiary/aromatic N) is 1. The van der Waals surface area contributed by atoms with Gasteiger partial charge in [-0.2, -0.15) is 0 Å². The summed E-state index contributed by atoms with van der Waals surface area (Å²) in [6.07, 6.45) is 0. The Morgan fingerprint density at radius 1 is 0.950 bits per heavy atom. The number of aromatic nitrogens is 1. The Bertz CT molecular complexity index is 1510. The normalized spacial score (nSPS) is 9.78. The van der Waals surface area contributed by atoms with E-state index in [2.05, 4.69) is 40.9 Å². The van der Waals surface area contributed by atoms with Gasteiger partial charge >= 0.3 is 0 Å². The number of methoxy groups -OCH3 is 1. The van der Waals surface area contributed by atoms with Gasteiger partial charge in [-0.05, 0) is 66.9 Å². The van der Waals surface area contributed by atoms with E-state index in [0.717, 1.165) is 0 Å². The second kappa shape index (κ2) is 16.1. The van der Waals surface area contributed by atoms with Crippen LogP contribution in [0.4, 0.5) is 4.39 Å². The lowest BCUT2D eigenvalue weighted by Gasteiger charge is -2.08. The molecule has 0 aliphatic carbocycles. The molecule has 4 aromatic rings. The molecule has 1 aromatic heterocycles. The van der Waals surface area contributed by atoms with E-state index in [-0.39, 0.29) is 46.5 Å². The molecule has 10 N–H and O–H groups in total. The van der Waals surface area contributed by atoms with E-state index in [1.165, 1.54) is 25.3 Å². The van der Waals surface area contributed by atoms with Crippen molar-refractivity contribution in [3.8, 4) is 39.8 Å². The predicted molar refractivity (Wildman–Crippen MR) is 160 cm³/mol. The number of thiocarbonyl (C=S) groups is 2. The number of sulfonamides is 1. The zero-order chi connectivity index (χ0) is 28.5. The van der Waals surface area contributed by atoms with Gasteiger partial charge in [0.25, 0.3) is 10.3 Å². The van der Waals surface area contributed by atoms with Gasteiger partial charge in [0.2, 0.25) is 15.9 Å². The first-order valence-electron chi connectivity index (χ1n) is 10.3. The Balaban J connectivity index is 0.00000135. The number of nitrogens with two attached hydrogens (primary N) is 3. The minimum atomic E-state index is -4.04. The molecule has 15 heteroatoms. The summed E-state index contributed by atoms with van der Waals surface area (Å²) in [5.41, 5.74) is 10.4. The van der Waals surface area contributed by atoms with Gasteiger partial charge in [0.05, 0.1) is 12.0 Å². The summed E-state index contributed by atoms with van der Waals surface area (Å²) in [4.78, 5) is 4.42. The molecule has 0 unspecified atom stereocenters. The molecule has 0 spiro atoms. The molecule has 0 amide bonds. The van der Waals surface area contributed by atoms with Gasteiger partial charge in [-0.1, -0.05) is 37.8 Å². The number of ether oxygens (including phenoxy) is 1. The minimum absolute atomic E-state index is 0. The molecular weight excluding hydrogens is 583 g/mol. The largest absolute Gasteiger partial charge is 0.494 e. The van der Waals surface area contributed by atoms with Crippen LogP contribution in [-0.2, 0) is 10.0 Å². The van der Waals surface area contributed by atoms with Crippen LogP contribution in [0.3, 0.4) is 0 Å². The van der Waals surface area contributed by atoms with Gasteiger partial charge in [0.15, 0.2) is 17.3 Å². The van der Waals surface area contributed by atoms with Crippen LogP contribution in [0.25, 0.3) is 34.0 Å². The lowest BCUT2D eigenvalue weighted by atomic mass is 10.1. The fraction of sp³-hybridized carbons (Fsp3) is 0.0800. The Morgan fingerprint density at radius 2 is 1.48 bits per heavy atom. The van der Waals surface area contributed by atoms with E-state index in [1.54, 1.807) is 36.4 Å². The van der Waals surface area contributed by atoms with Crippen LogP contribution in [0.1, 0.15) is 7.43 Å². The van der Waals surface area contributed by atoms with Crippen LogP contribution >= 0.6 is 24.4 Å². The fourth-order valence-electron chi connectivity index (χ4n) is 3.12. The third-order valence-electron chi connectivity index (χ3n) is 4.51. The zero-order valence-electron chi connectivity index (χ0n) is 20.2. The summed E-state index contributed by atoms with van der Waals surface area (Å²) >= 11 is 7.74. The van der Waals surface area contributed by atoms with Crippen molar-refractivity contribution < 1.29 is 37.7 Å². The third kappa shape index (κ3) is 10.2. The molecule has 4 rings (SSSR count). The molecule has 0 atom stereocenters. The van der Waals surface area contributed by atoms with E-state index >= 15 is 0 Å². The van der Waals surface area contributed by atoms with Crippen molar-refractivity contribution in [3.05, 3.63) is 78.6 Å². The lowest BCUT2D eigenvalue weighted by Crippen LogP contribution is -2.13. The van der Waals surface area contributed by atoms with Crippen LogP contribution < -0.4 is 21.3 Å². The topological polar surface area (TPSA) is 219 Å². The number of hydrogen-bond acceptors (Lipinski definition) is 7. The molecule has 0 bridgehead atoms. The van der Waals surface area contributed by atoms with Crippen LogP contribution in [0.15, 0.2) is 82.1 Å². The molecule has 40 heavy (non-hydrogen) atoms. The summed E-state index contributed by atoms with van der Waals surface area (Å²) in [7, 11) is -2.67. The number of halogens is 1. The van der Waals surface area contributed by atoms with Crippen LogP contribution in [0.5, 0.6) is 5.75 Å². The van der Waals surface area contributed by atoms with Crippen molar-refractivity contribution in [1.29, 1.82) is 0 Å². The Hall–Kier alpha value is -4.15. The van der Waals surface area contributed by atoms with Crippen molar-refractivity contribution in [2.75, 3.05) is 7.11 Å². The van der Waals surface area contributed by atoms with Gasteiger partial charge in [-0.25, -0.2) is 22.9 Å². The first-order valence-corrected chi connectivity index (χ1v) is 12.7. The standard InChI is InChI=1S/C22H17FN2O4S.2CH3NOS.CH4.H2O/c1-28-18-12-11-15(13-17(18)23)20-21(16-9-5-6-10-19(16)30(24,26)27)29-22(25-20)14-7-3-2-4-8-14;2*2-1(3)4;;/h2-13H,1H3,(H2,24,26,27);2*(H3,2,3,4);1H4;1H2. The maximum Gasteiger partial charge on any atom is 0.251 e. The first kappa shape index (κ1) is 35.9. The maximum absolute atomic E-state index is 14.4. The summed E-state index contributed by atoms with van der Waals surface area (Å²) in [5, 5.41) is 19.5. The fourth-order valence-corrected chi connectivity index (χ4v) is 3.85. The number of hydrogen-bond donors (Lipinski definition) is 5. The van der Waals surface area contributed by atoms with E-state index in [1.807, 2.05) is 18.2 Å². The molecule has 0 aliphatic heterocycles. The maximum atomic E-state index is 14.4. The quantitative estimate of drug-likeness (QED) is 0.204. The summed E-state index contributed by atoms with van der Waals surface area (Å²) in [6, 6.07) is 19.6. The third-order valence-corrected chi connectivity index (χ3v) is 5.48. The Kier molecular flexibility index (Phi) is 14.4. The number of aliphatic hydroxyl groups excluding tert-OH is 2. The number of aliphatic hydroxyl groups is 2. The van der Waals surface area contributed by atoms with E-state index < -0.39 is 26.2 Å². The molecule has 0 radical (unpaired) electrons. The molecule has 216 valence electrons. The number of oxazole rings is 1. The second-order valence-electron chi connectivity index (χ2n) is 7.13. The summed E-state index contributed by atoms with van der Waals surface area (Å²) in [6.45, 7) is 0. The number of benzene rings is 3. The van der Waals surface area contributed by atoms with Gasteiger partial charge in [-0.3, -0.25) is 0 Å². The van der Waals surface area contributed by atoms with Crippen molar-refractivity contribution in [2.45, 2.75) is 12.3 Å². The average Bonchev–Trinajstić information content (AvgIpc) is 3.29. The van der Waals surface area contributed by atoms with Crippen LogP contribution in [-0.4, -0.2) is 46.5 Å². The van der Waals surface area contributed by atoms with Crippen molar-refractivity contribution in [2.24, 2.45) is 16.6 Å². The summed E-state index contributed by atoms with van der Waals surface area (Å²) in [5.74, 6) is -0.0638. The molecule has 0 saturated carbocycles. The average molecular weight is 613 g/mol. The molecule has 11 nitrogen and oxygen atoms in total. The van der Waals surface area contributed by atoms with Crippen molar-refractivity contribution >= 4 is 44.8 Å². The van der Waals surface area contributed by atoms with E-state index in [9.17, 15) is 12.8 Å². The highest BCUT2D eigenvalue weighted by Gasteiger charge is 2.24. The highest BCUT2D eigenvalue weighted by atomic mass is 32.2. The molecule has 1 heterocycles. The molecule has 0 fully saturated rings. The lowest BCUT2D eigenvalue weighted by molar-refractivity contribution is 0.386. The van der Waals surface area contributed by atoms with Gasteiger partial charge in [0, 0.05) is 16.7 Å². The van der Waals surface area contributed by atoms with Crippen molar-refractivity contribution in [3.63, 3.8) is 0 Å². The van der Waals surface area contributed by atoms with Gasteiger partial charge < -0.3 is 36.3 Å². The highest BCUT2D eigenvalue weighted by molar-refractivity contribution is 7.89. The van der Waals surface area contributed by atoms with Gasteiger partial charge in [0.1, 0.15) is 5.69 Å². The minimum Gasteiger partial charge on any atom is -0.494 e. The monoisotopic (exact) mass is 612 g/mol. The number of primary sulfonamides is 1. The zero-order valence-corrected chi connectivity index (χ0v) is 22.7. The van der Waals surface area contributed by atoms with Gasteiger partial charge in [-0.15, -0.1) is 0 Å². The molecule has 0 aliphatic rings. The van der Waals surface area contributed by atoms with Crippen LogP contribution in [0, 0.1) is 5.82 Å². The highest BCUT2D eigenvalue weighted by Crippen LogP contribution is 2.39. The van der Waals surface area contributed by atoms with E-state index in [0.29, 0.717) is 11.1 Å². The smallest absolute Gasteiger partial charge is 0.251 e. The predicted octanol–water partition coefficient (Wildman–Crippen LogP) is 3.86. The molecule has 3 aromatic carbocycles. The van der Waals surface area contributed by atoms with Crippen molar-refractivity contribution in [1.82, 2.24) is 4.98 Å². The Labute approximate surface area is 241 Å². The molecular formula is C25H29FN4O7S3. The van der Waals surface area contributed by atoms with E-state index in [4.69, 9.17) is 24.5 Å². The van der Waals surface area contributed by atoms with Crippen LogP contribution in [0.2, 0.25) is 0 Å². The second-order valence-corrected chi connectivity index (χ2v) is 9.50. The summed E-state index contributed by atoms with van der Waals surface area (Å²) < 4.78 is 49.6. The molecule has 0 saturated heterocycles. The Morgan fingerprint density at radius 3 is 1.98 bits per heavy atom.